The Bertz CT molecular complexity index is 193. The Morgan fingerprint density at radius 3 is 2.93 bits per heavy atom. The van der Waals surface area contributed by atoms with Crippen LogP contribution in [0.1, 0.15) is 19.8 Å². The van der Waals surface area contributed by atoms with Gasteiger partial charge < -0.3 is 10.2 Å². The van der Waals surface area contributed by atoms with Crippen LogP contribution in [0.4, 0.5) is 0 Å². The third kappa shape index (κ3) is 2.89. The lowest BCUT2D eigenvalue weighted by molar-refractivity contribution is -0.133. The first kappa shape index (κ1) is 11.9. The predicted octanol–water partition coefficient (Wildman–Crippen LogP) is 0.948. The lowest BCUT2D eigenvalue weighted by atomic mass is 10.2. The molecule has 1 unspecified atom stereocenters. The van der Waals surface area contributed by atoms with Gasteiger partial charge in [-0.05, 0) is 32.6 Å². The number of likely N-dealkylation sites (N-methyl/N-ethyl adjacent to an activating group) is 1. The normalized spacial score (nSPS) is 23.5. The van der Waals surface area contributed by atoms with Crippen molar-refractivity contribution < 1.29 is 4.79 Å². The first-order valence-electron chi connectivity index (χ1n) is 5.15. The van der Waals surface area contributed by atoms with Crippen LogP contribution in [0.3, 0.4) is 0 Å². The Hall–Kier alpha value is -0.220. The van der Waals surface area contributed by atoms with E-state index in [1.165, 1.54) is 0 Å². The van der Waals surface area contributed by atoms with E-state index in [0.717, 1.165) is 25.1 Å². The molecule has 1 heterocycles. The first-order valence-corrected chi connectivity index (χ1v) is 6.55. The van der Waals surface area contributed by atoms with E-state index in [9.17, 15) is 4.79 Å². The van der Waals surface area contributed by atoms with Gasteiger partial charge in [0.25, 0.3) is 0 Å². The zero-order valence-corrected chi connectivity index (χ0v) is 10.1. The van der Waals surface area contributed by atoms with Gasteiger partial charge in [-0.1, -0.05) is 0 Å². The Morgan fingerprint density at radius 1 is 1.71 bits per heavy atom. The van der Waals surface area contributed by atoms with E-state index in [1.807, 2.05) is 11.9 Å². The van der Waals surface area contributed by atoms with E-state index in [0.29, 0.717) is 6.04 Å². The van der Waals surface area contributed by atoms with E-state index in [-0.39, 0.29) is 11.9 Å². The summed E-state index contributed by atoms with van der Waals surface area (Å²) < 4.78 is 0. The third-order valence-electron chi connectivity index (χ3n) is 2.78. The van der Waals surface area contributed by atoms with Gasteiger partial charge in [-0.2, -0.15) is 11.8 Å². The second kappa shape index (κ2) is 5.61. The van der Waals surface area contributed by atoms with Crippen LogP contribution in [0.2, 0.25) is 0 Å². The maximum atomic E-state index is 11.9. The Balaban J connectivity index is 2.42. The summed E-state index contributed by atoms with van der Waals surface area (Å²) in [5, 5.41) is 3.24. The highest BCUT2D eigenvalue weighted by Gasteiger charge is 2.26. The molecule has 0 aromatic heterocycles. The number of amides is 1. The molecule has 2 atom stereocenters. The molecule has 1 N–H and O–H groups in total. The minimum Gasteiger partial charge on any atom is -0.341 e. The van der Waals surface area contributed by atoms with E-state index >= 15 is 0 Å². The molecule has 0 spiro atoms. The predicted molar refractivity (Wildman–Crippen MR) is 61.6 cm³/mol. The summed E-state index contributed by atoms with van der Waals surface area (Å²) in [4.78, 5) is 13.8. The zero-order valence-electron chi connectivity index (χ0n) is 9.25. The highest BCUT2D eigenvalue weighted by atomic mass is 32.2. The average molecular weight is 216 g/mol. The summed E-state index contributed by atoms with van der Waals surface area (Å²) in [6, 6.07) is 0.407. The number of hydrogen-bond acceptors (Lipinski definition) is 3. The number of nitrogens with one attached hydrogen (secondary N) is 1. The Kier molecular flexibility index (Phi) is 4.75. The van der Waals surface area contributed by atoms with E-state index in [4.69, 9.17) is 0 Å². The fourth-order valence-electron chi connectivity index (χ4n) is 1.71. The van der Waals surface area contributed by atoms with Gasteiger partial charge in [0.05, 0.1) is 6.04 Å². The van der Waals surface area contributed by atoms with Crippen molar-refractivity contribution in [2.45, 2.75) is 31.8 Å². The number of carbonyl (C=O) groups is 1. The van der Waals surface area contributed by atoms with Gasteiger partial charge in [0.2, 0.25) is 5.91 Å². The van der Waals surface area contributed by atoms with Crippen LogP contribution in [0.5, 0.6) is 0 Å². The quantitative estimate of drug-likeness (QED) is 0.759. The highest BCUT2D eigenvalue weighted by molar-refractivity contribution is 7.98. The molecule has 1 amide bonds. The van der Waals surface area contributed by atoms with Crippen molar-refractivity contribution in [1.29, 1.82) is 0 Å². The molecule has 0 saturated carbocycles. The second-order valence-electron chi connectivity index (χ2n) is 3.90. The second-order valence-corrected chi connectivity index (χ2v) is 4.81. The summed E-state index contributed by atoms with van der Waals surface area (Å²) in [6.07, 6.45) is 4.19. The van der Waals surface area contributed by atoms with Gasteiger partial charge in [-0.25, -0.2) is 0 Å². The maximum absolute atomic E-state index is 11.9. The van der Waals surface area contributed by atoms with Gasteiger partial charge in [0.1, 0.15) is 0 Å². The number of nitrogens with zero attached hydrogens (tertiary/aromatic N) is 1. The molecule has 0 aliphatic carbocycles. The molecule has 0 bridgehead atoms. The topological polar surface area (TPSA) is 32.3 Å². The third-order valence-corrected chi connectivity index (χ3v) is 3.59. The molecule has 0 aromatic carbocycles. The van der Waals surface area contributed by atoms with Crippen molar-refractivity contribution >= 4 is 17.7 Å². The maximum Gasteiger partial charge on any atom is 0.239 e. The molecule has 3 nitrogen and oxygen atoms in total. The molecular weight excluding hydrogens is 196 g/mol. The van der Waals surface area contributed by atoms with Crippen LogP contribution < -0.4 is 5.32 Å². The van der Waals surface area contributed by atoms with Crippen LogP contribution in [-0.2, 0) is 4.79 Å². The number of carbonyl (C=O) groups excluding carboxylic acids is 1. The molecule has 1 fully saturated rings. The number of thioether (sulfide) groups is 1. The molecule has 1 saturated heterocycles. The highest BCUT2D eigenvalue weighted by Crippen LogP contribution is 2.11. The van der Waals surface area contributed by atoms with Crippen LogP contribution >= 0.6 is 11.8 Å². The molecule has 4 heteroatoms. The van der Waals surface area contributed by atoms with Gasteiger partial charge in [0.15, 0.2) is 0 Å². The van der Waals surface area contributed by atoms with Crippen molar-refractivity contribution in [3.63, 3.8) is 0 Å². The van der Waals surface area contributed by atoms with Crippen LogP contribution in [0.25, 0.3) is 0 Å². The van der Waals surface area contributed by atoms with Gasteiger partial charge >= 0.3 is 0 Å². The average Bonchev–Trinajstić information content (AvgIpc) is 2.68. The van der Waals surface area contributed by atoms with Crippen molar-refractivity contribution in [3.05, 3.63) is 0 Å². The summed E-state index contributed by atoms with van der Waals surface area (Å²) >= 11 is 1.78. The van der Waals surface area contributed by atoms with Gasteiger partial charge in [0, 0.05) is 18.8 Å². The number of rotatable bonds is 4. The molecule has 0 aromatic rings. The van der Waals surface area contributed by atoms with Crippen molar-refractivity contribution in [2.24, 2.45) is 0 Å². The molecule has 82 valence electrons. The standard InChI is InChI=1S/C10H20N2OS/c1-8(7-14-3)12(2)10(13)9-5-4-6-11-9/h8-9,11H,4-7H2,1-3H3/t8?,9-/m0/s1. The van der Waals surface area contributed by atoms with Crippen molar-refractivity contribution in [1.82, 2.24) is 10.2 Å². The smallest absolute Gasteiger partial charge is 0.239 e. The lowest BCUT2D eigenvalue weighted by Crippen LogP contribution is -2.46. The van der Waals surface area contributed by atoms with Crippen molar-refractivity contribution in [2.75, 3.05) is 25.6 Å². The van der Waals surface area contributed by atoms with E-state index < -0.39 is 0 Å². The monoisotopic (exact) mass is 216 g/mol. The van der Waals surface area contributed by atoms with Crippen LogP contribution in [0, 0.1) is 0 Å². The fraction of sp³-hybridized carbons (Fsp3) is 0.900. The SMILES string of the molecule is CSCC(C)N(C)C(=O)[C@@H]1CCCN1. The molecule has 14 heavy (non-hydrogen) atoms. The minimum atomic E-state index is 0.0734. The van der Waals surface area contributed by atoms with Crippen LogP contribution in [-0.4, -0.2) is 48.5 Å². The molecule has 1 rings (SSSR count). The summed E-state index contributed by atoms with van der Waals surface area (Å²) in [5.41, 5.74) is 0. The zero-order chi connectivity index (χ0) is 10.6. The first-order chi connectivity index (χ1) is 6.66. The largest absolute Gasteiger partial charge is 0.341 e. The van der Waals surface area contributed by atoms with Gasteiger partial charge in [-0.3, -0.25) is 4.79 Å². The molecular formula is C10H20N2OS. The molecule has 0 radical (unpaired) electrons. The molecule has 1 aliphatic heterocycles. The summed E-state index contributed by atoms with van der Waals surface area (Å²) in [6.45, 7) is 3.09. The fourth-order valence-corrected chi connectivity index (χ4v) is 2.42. The van der Waals surface area contributed by atoms with Crippen LogP contribution in [0.15, 0.2) is 0 Å². The van der Waals surface area contributed by atoms with Crippen molar-refractivity contribution in [3.8, 4) is 0 Å². The summed E-state index contributed by atoms with van der Waals surface area (Å²) in [5.74, 6) is 1.26. The van der Waals surface area contributed by atoms with E-state index in [2.05, 4.69) is 18.5 Å². The molecule has 1 aliphatic rings. The summed E-state index contributed by atoms with van der Waals surface area (Å²) in [7, 11) is 1.91. The Labute approximate surface area is 90.6 Å². The minimum absolute atomic E-state index is 0.0734. The number of hydrogen-bond donors (Lipinski definition) is 1. The lowest BCUT2D eigenvalue weighted by Gasteiger charge is -2.27. The van der Waals surface area contributed by atoms with E-state index in [1.54, 1.807) is 11.8 Å². The Morgan fingerprint density at radius 2 is 2.43 bits per heavy atom. The van der Waals surface area contributed by atoms with Gasteiger partial charge in [-0.15, -0.1) is 0 Å².